The van der Waals surface area contributed by atoms with Gasteiger partial charge in [-0.2, -0.15) is 0 Å². The van der Waals surface area contributed by atoms with E-state index in [1.807, 2.05) is 27.7 Å². The van der Waals surface area contributed by atoms with Gasteiger partial charge in [0.25, 0.3) is 0 Å². The minimum Gasteiger partial charge on any atom is -0.373 e. The van der Waals surface area contributed by atoms with Crippen molar-refractivity contribution in [3.8, 4) is 0 Å². The molecular formula is C12H28N2O4. The molecule has 0 amide bonds. The number of hydrogen-bond donors (Lipinski definition) is 2. The van der Waals surface area contributed by atoms with Crippen LogP contribution in [0.4, 0.5) is 0 Å². The summed E-state index contributed by atoms with van der Waals surface area (Å²) in [7, 11) is 0. The van der Waals surface area contributed by atoms with Gasteiger partial charge in [0.15, 0.2) is 0 Å². The molecule has 0 aromatic heterocycles. The fraction of sp³-hybridized carbons (Fsp3) is 1.00. The van der Waals surface area contributed by atoms with E-state index in [1.165, 1.54) is 0 Å². The van der Waals surface area contributed by atoms with E-state index in [1.54, 1.807) is 0 Å². The lowest BCUT2D eigenvalue weighted by Gasteiger charge is -2.36. The fourth-order valence-corrected chi connectivity index (χ4v) is 1.28. The molecule has 0 aromatic carbocycles. The predicted octanol–water partition coefficient (Wildman–Crippen LogP) is 1.14. The van der Waals surface area contributed by atoms with Crippen LogP contribution in [0.1, 0.15) is 40.5 Å². The molecule has 2 unspecified atom stereocenters. The zero-order valence-electron chi connectivity index (χ0n) is 12.0. The van der Waals surface area contributed by atoms with Crippen molar-refractivity contribution in [2.75, 3.05) is 19.8 Å². The van der Waals surface area contributed by atoms with E-state index in [0.717, 1.165) is 0 Å². The highest BCUT2D eigenvalue weighted by Gasteiger charge is 2.37. The molecule has 0 saturated carbocycles. The minimum absolute atomic E-state index is 0.138. The van der Waals surface area contributed by atoms with Gasteiger partial charge < -0.3 is 30.4 Å². The first kappa shape index (κ1) is 17.8. The van der Waals surface area contributed by atoms with E-state index in [2.05, 4.69) is 0 Å². The first-order valence-electron chi connectivity index (χ1n) is 6.61. The lowest BCUT2D eigenvalue weighted by Crippen LogP contribution is -2.51. The Kier molecular flexibility index (Phi) is 9.53. The van der Waals surface area contributed by atoms with Crippen LogP contribution >= 0.6 is 0 Å². The van der Waals surface area contributed by atoms with Crippen molar-refractivity contribution in [1.29, 1.82) is 0 Å². The summed E-state index contributed by atoms with van der Waals surface area (Å²) in [5.41, 5.74) is 11.6. The van der Waals surface area contributed by atoms with Gasteiger partial charge in [-0.05, 0) is 26.7 Å². The summed E-state index contributed by atoms with van der Waals surface area (Å²) in [5.74, 6) is -1.32. The lowest BCUT2D eigenvalue weighted by molar-refractivity contribution is -0.416. The van der Waals surface area contributed by atoms with Crippen LogP contribution in [0.3, 0.4) is 0 Å². The van der Waals surface area contributed by atoms with Crippen molar-refractivity contribution in [2.24, 2.45) is 11.5 Å². The average molecular weight is 264 g/mol. The molecule has 4 N–H and O–H groups in total. The summed E-state index contributed by atoms with van der Waals surface area (Å²) < 4.78 is 22.2. The standard InChI is InChI=1S/C12H28N2O4/c1-5-10(13)17-12(16-8-4,9-15-7-3)18-11(14)6-2/h10-11H,5-9,13-14H2,1-4H3. The largest absolute Gasteiger partial charge is 0.373 e. The Morgan fingerprint density at radius 1 is 0.889 bits per heavy atom. The molecule has 0 aromatic rings. The zero-order valence-corrected chi connectivity index (χ0v) is 12.0. The molecule has 0 aliphatic rings. The van der Waals surface area contributed by atoms with Crippen LogP contribution in [0.25, 0.3) is 0 Å². The second-order valence-corrected chi connectivity index (χ2v) is 3.88. The van der Waals surface area contributed by atoms with Crippen molar-refractivity contribution >= 4 is 0 Å². The lowest BCUT2D eigenvalue weighted by atomic mass is 10.4. The highest BCUT2D eigenvalue weighted by atomic mass is 16.9. The summed E-state index contributed by atoms with van der Waals surface area (Å²) in [6.07, 6.45) is 0.319. The Morgan fingerprint density at radius 2 is 1.39 bits per heavy atom. The Bertz CT molecular complexity index is 193. The van der Waals surface area contributed by atoms with Gasteiger partial charge >= 0.3 is 5.97 Å². The average Bonchev–Trinajstić information content (AvgIpc) is 2.36. The van der Waals surface area contributed by atoms with E-state index in [4.69, 9.17) is 30.4 Å². The molecule has 2 atom stereocenters. The summed E-state index contributed by atoms with van der Waals surface area (Å²) in [5, 5.41) is 0. The molecule has 0 aliphatic carbocycles. The number of rotatable bonds is 11. The number of hydrogen-bond acceptors (Lipinski definition) is 6. The van der Waals surface area contributed by atoms with Crippen LogP contribution in [0.2, 0.25) is 0 Å². The van der Waals surface area contributed by atoms with E-state index >= 15 is 0 Å². The van der Waals surface area contributed by atoms with Crippen LogP contribution in [0.15, 0.2) is 0 Å². The first-order chi connectivity index (χ1) is 8.53. The van der Waals surface area contributed by atoms with Crippen molar-refractivity contribution < 1.29 is 18.9 Å². The van der Waals surface area contributed by atoms with Gasteiger partial charge in [-0.25, -0.2) is 0 Å². The molecule has 0 fully saturated rings. The molecule has 0 radical (unpaired) electrons. The Balaban J connectivity index is 4.75. The minimum atomic E-state index is -1.32. The third-order valence-corrected chi connectivity index (χ3v) is 2.31. The number of ether oxygens (including phenoxy) is 4. The van der Waals surface area contributed by atoms with Crippen LogP contribution in [0, 0.1) is 0 Å². The van der Waals surface area contributed by atoms with Gasteiger partial charge in [0.1, 0.15) is 19.1 Å². The fourth-order valence-electron chi connectivity index (χ4n) is 1.28. The van der Waals surface area contributed by atoms with Crippen molar-refractivity contribution in [2.45, 2.75) is 59.0 Å². The molecule has 110 valence electrons. The molecule has 0 rings (SSSR count). The molecule has 0 spiro atoms. The second-order valence-electron chi connectivity index (χ2n) is 3.88. The Morgan fingerprint density at radius 3 is 1.72 bits per heavy atom. The van der Waals surface area contributed by atoms with Gasteiger partial charge in [-0.3, -0.25) is 0 Å². The zero-order chi connectivity index (χ0) is 14.0. The van der Waals surface area contributed by atoms with E-state index in [9.17, 15) is 0 Å². The summed E-state index contributed by atoms with van der Waals surface area (Å²) in [6.45, 7) is 8.66. The molecule has 6 nitrogen and oxygen atoms in total. The van der Waals surface area contributed by atoms with E-state index < -0.39 is 18.4 Å². The Labute approximate surface area is 110 Å². The third-order valence-electron chi connectivity index (χ3n) is 2.31. The monoisotopic (exact) mass is 264 g/mol. The quantitative estimate of drug-likeness (QED) is 0.544. The van der Waals surface area contributed by atoms with Gasteiger partial charge in [0.2, 0.25) is 0 Å². The maximum Gasteiger partial charge on any atom is 0.310 e. The topological polar surface area (TPSA) is 89.0 Å². The smallest absolute Gasteiger partial charge is 0.310 e. The summed E-state index contributed by atoms with van der Waals surface area (Å²) in [6, 6.07) is 0. The van der Waals surface area contributed by atoms with Crippen LogP contribution < -0.4 is 11.5 Å². The molecule has 6 heteroatoms. The predicted molar refractivity (Wildman–Crippen MR) is 69.6 cm³/mol. The molecule has 0 heterocycles. The molecular weight excluding hydrogens is 236 g/mol. The van der Waals surface area contributed by atoms with E-state index in [-0.39, 0.29) is 6.61 Å². The van der Waals surface area contributed by atoms with Crippen LogP contribution in [-0.4, -0.2) is 38.2 Å². The third kappa shape index (κ3) is 6.63. The van der Waals surface area contributed by atoms with E-state index in [0.29, 0.717) is 26.1 Å². The highest BCUT2D eigenvalue weighted by Crippen LogP contribution is 2.20. The van der Waals surface area contributed by atoms with Gasteiger partial charge in [-0.1, -0.05) is 13.8 Å². The van der Waals surface area contributed by atoms with Crippen molar-refractivity contribution in [3.05, 3.63) is 0 Å². The van der Waals surface area contributed by atoms with Crippen molar-refractivity contribution in [3.63, 3.8) is 0 Å². The van der Waals surface area contributed by atoms with Gasteiger partial charge in [0.05, 0.1) is 0 Å². The summed E-state index contributed by atoms with van der Waals surface area (Å²) in [4.78, 5) is 0. The van der Waals surface area contributed by atoms with Crippen LogP contribution in [0.5, 0.6) is 0 Å². The summed E-state index contributed by atoms with van der Waals surface area (Å²) >= 11 is 0. The molecule has 0 saturated heterocycles. The maximum atomic E-state index is 5.80. The molecule has 0 aliphatic heterocycles. The Hall–Kier alpha value is -0.240. The second kappa shape index (κ2) is 9.66. The normalized spacial score (nSPS) is 18.3. The maximum absolute atomic E-state index is 5.80. The molecule has 18 heavy (non-hydrogen) atoms. The molecule has 0 bridgehead atoms. The number of nitrogens with two attached hydrogens (primary N) is 2. The van der Waals surface area contributed by atoms with Crippen molar-refractivity contribution in [1.82, 2.24) is 0 Å². The van der Waals surface area contributed by atoms with Gasteiger partial charge in [-0.15, -0.1) is 0 Å². The van der Waals surface area contributed by atoms with Gasteiger partial charge in [0, 0.05) is 13.2 Å². The highest BCUT2D eigenvalue weighted by molar-refractivity contribution is 4.62. The first-order valence-corrected chi connectivity index (χ1v) is 6.61. The van der Waals surface area contributed by atoms with Crippen LogP contribution in [-0.2, 0) is 18.9 Å². The SMILES string of the molecule is CCOCC(OCC)(OC(N)CC)OC(N)CC.